The molecule has 0 amide bonds. The molecule has 1 aliphatic rings. The largest absolute Gasteiger partial charge is 0.388 e. The number of nitrogens with zero attached hydrogens (tertiary/aromatic N) is 3. The van der Waals surface area contributed by atoms with Gasteiger partial charge in [0, 0.05) is 11.5 Å². The van der Waals surface area contributed by atoms with Crippen molar-refractivity contribution in [1.82, 2.24) is 0 Å². The summed E-state index contributed by atoms with van der Waals surface area (Å²) in [7, 11) is 0. The minimum atomic E-state index is -1.32. The van der Waals surface area contributed by atoms with Gasteiger partial charge in [-0.25, -0.2) is 0 Å². The summed E-state index contributed by atoms with van der Waals surface area (Å²) in [6.07, 6.45) is -5.44. The van der Waals surface area contributed by atoms with Gasteiger partial charge in [-0.2, -0.15) is 0 Å². The molecule has 1 aliphatic heterocycles. The SMILES string of the molecule is C[C@@H]1O[C@@H](OCCN=[N+]=[N-])[C@@H](O)[C@H](O)[C@@H]1O. The van der Waals surface area contributed by atoms with Crippen molar-refractivity contribution < 1.29 is 24.8 Å². The molecule has 0 unspecified atom stereocenters. The standard InChI is InChI=1S/C8H15N3O5/c1-4-5(12)6(13)7(14)8(16-4)15-3-2-10-11-9/h4-8,12-14H,2-3H2,1H3/t4-,5+,6+,7-,8+/m0/s1. The first-order valence-electron chi connectivity index (χ1n) is 4.90. The molecule has 0 saturated carbocycles. The molecule has 5 atom stereocenters. The highest BCUT2D eigenvalue weighted by molar-refractivity contribution is 4.87. The van der Waals surface area contributed by atoms with Gasteiger partial charge in [0.2, 0.25) is 0 Å². The zero-order chi connectivity index (χ0) is 12.1. The van der Waals surface area contributed by atoms with E-state index in [0.29, 0.717) is 0 Å². The smallest absolute Gasteiger partial charge is 0.186 e. The fraction of sp³-hybridized carbons (Fsp3) is 1.00. The molecule has 0 aromatic heterocycles. The Balaban J connectivity index is 2.44. The summed E-state index contributed by atoms with van der Waals surface area (Å²) >= 11 is 0. The molecule has 1 saturated heterocycles. The summed E-state index contributed by atoms with van der Waals surface area (Å²) in [5.41, 5.74) is 8.02. The molecule has 8 heteroatoms. The highest BCUT2D eigenvalue weighted by Crippen LogP contribution is 2.21. The van der Waals surface area contributed by atoms with Gasteiger partial charge in [-0.15, -0.1) is 0 Å². The summed E-state index contributed by atoms with van der Waals surface area (Å²) in [6, 6.07) is 0. The molecule has 0 radical (unpaired) electrons. The summed E-state index contributed by atoms with van der Waals surface area (Å²) < 4.78 is 10.2. The minimum absolute atomic E-state index is 0.0708. The van der Waals surface area contributed by atoms with Gasteiger partial charge < -0.3 is 24.8 Å². The van der Waals surface area contributed by atoms with Crippen molar-refractivity contribution in [1.29, 1.82) is 0 Å². The third-order valence-corrected chi connectivity index (χ3v) is 2.35. The molecular formula is C8H15N3O5. The van der Waals surface area contributed by atoms with Gasteiger partial charge in [0.05, 0.1) is 12.7 Å². The van der Waals surface area contributed by atoms with E-state index in [9.17, 15) is 15.3 Å². The van der Waals surface area contributed by atoms with Gasteiger partial charge in [-0.1, -0.05) is 5.11 Å². The molecule has 8 nitrogen and oxygen atoms in total. The van der Waals surface area contributed by atoms with Crippen LogP contribution in [0.5, 0.6) is 0 Å². The first-order chi connectivity index (χ1) is 7.57. The van der Waals surface area contributed by atoms with Crippen LogP contribution in [0, 0.1) is 0 Å². The first kappa shape index (κ1) is 13.2. The van der Waals surface area contributed by atoms with Crippen LogP contribution in [0.15, 0.2) is 5.11 Å². The Kier molecular flexibility index (Phi) is 4.94. The van der Waals surface area contributed by atoms with Crippen molar-refractivity contribution >= 4 is 0 Å². The molecule has 0 spiro atoms. The highest BCUT2D eigenvalue weighted by atomic mass is 16.7. The first-order valence-corrected chi connectivity index (χ1v) is 4.90. The third kappa shape index (κ3) is 3.05. The second-order valence-corrected chi connectivity index (χ2v) is 3.51. The van der Waals surface area contributed by atoms with E-state index >= 15 is 0 Å². The van der Waals surface area contributed by atoms with Crippen molar-refractivity contribution in [3.05, 3.63) is 10.4 Å². The van der Waals surface area contributed by atoms with E-state index in [1.165, 1.54) is 0 Å². The van der Waals surface area contributed by atoms with E-state index in [-0.39, 0.29) is 13.2 Å². The van der Waals surface area contributed by atoms with Crippen LogP contribution in [0.1, 0.15) is 6.92 Å². The van der Waals surface area contributed by atoms with Crippen molar-refractivity contribution in [3.63, 3.8) is 0 Å². The Labute approximate surface area is 92.0 Å². The second-order valence-electron chi connectivity index (χ2n) is 3.51. The van der Waals surface area contributed by atoms with E-state index in [1.54, 1.807) is 6.92 Å². The third-order valence-electron chi connectivity index (χ3n) is 2.35. The maximum absolute atomic E-state index is 9.52. The van der Waals surface area contributed by atoms with Crippen LogP contribution < -0.4 is 0 Å². The van der Waals surface area contributed by atoms with Crippen LogP contribution in [-0.4, -0.2) is 59.2 Å². The monoisotopic (exact) mass is 233 g/mol. The lowest BCUT2D eigenvalue weighted by molar-refractivity contribution is -0.292. The lowest BCUT2D eigenvalue weighted by Gasteiger charge is -2.38. The Morgan fingerprint density at radius 3 is 2.62 bits per heavy atom. The zero-order valence-corrected chi connectivity index (χ0v) is 8.80. The Hall–Kier alpha value is -0.890. The minimum Gasteiger partial charge on any atom is -0.388 e. The van der Waals surface area contributed by atoms with Crippen LogP contribution >= 0.6 is 0 Å². The number of ether oxygens (including phenoxy) is 2. The number of hydrogen-bond acceptors (Lipinski definition) is 6. The molecular weight excluding hydrogens is 218 g/mol. The fourth-order valence-electron chi connectivity index (χ4n) is 1.41. The van der Waals surface area contributed by atoms with Gasteiger partial charge in [0.15, 0.2) is 6.29 Å². The Morgan fingerprint density at radius 1 is 1.31 bits per heavy atom. The quantitative estimate of drug-likeness (QED) is 0.252. The summed E-state index contributed by atoms with van der Waals surface area (Å²) in [5, 5.41) is 31.6. The number of azide groups is 1. The normalized spacial score (nSPS) is 39.1. The number of hydrogen-bond donors (Lipinski definition) is 3. The highest BCUT2D eigenvalue weighted by Gasteiger charge is 2.42. The number of aliphatic hydroxyl groups is 3. The second kappa shape index (κ2) is 6.00. The van der Waals surface area contributed by atoms with Crippen LogP contribution in [0.4, 0.5) is 0 Å². The van der Waals surface area contributed by atoms with Crippen molar-refractivity contribution in [2.24, 2.45) is 5.11 Å². The predicted octanol–water partition coefficient (Wildman–Crippen LogP) is -0.859. The molecule has 3 N–H and O–H groups in total. The van der Waals surface area contributed by atoms with Crippen LogP contribution in [0.3, 0.4) is 0 Å². The Morgan fingerprint density at radius 2 is 2.00 bits per heavy atom. The Bertz CT molecular complexity index is 270. The summed E-state index contributed by atoms with van der Waals surface area (Å²) in [6.45, 7) is 1.74. The molecule has 0 aromatic rings. The van der Waals surface area contributed by atoms with E-state index in [4.69, 9.17) is 15.0 Å². The van der Waals surface area contributed by atoms with Crippen molar-refractivity contribution in [3.8, 4) is 0 Å². The van der Waals surface area contributed by atoms with Gasteiger partial charge in [0.1, 0.15) is 18.3 Å². The molecule has 1 heterocycles. The fourth-order valence-corrected chi connectivity index (χ4v) is 1.41. The van der Waals surface area contributed by atoms with Gasteiger partial charge in [-0.05, 0) is 12.5 Å². The molecule has 1 fully saturated rings. The maximum Gasteiger partial charge on any atom is 0.186 e. The average molecular weight is 233 g/mol. The zero-order valence-electron chi connectivity index (χ0n) is 8.80. The molecule has 0 aliphatic carbocycles. The molecule has 92 valence electrons. The lowest BCUT2D eigenvalue weighted by Crippen LogP contribution is -2.57. The number of rotatable bonds is 4. The van der Waals surface area contributed by atoms with E-state index in [1.807, 2.05) is 0 Å². The average Bonchev–Trinajstić information content (AvgIpc) is 2.28. The molecule has 1 rings (SSSR count). The molecule has 16 heavy (non-hydrogen) atoms. The lowest BCUT2D eigenvalue weighted by atomic mass is 10.0. The van der Waals surface area contributed by atoms with E-state index in [2.05, 4.69) is 10.0 Å². The summed E-state index contributed by atoms with van der Waals surface area (Å²) in [4.78, 5) is 2.53. The van der Waals surface area contributed by atoms with Crippen LogP contribution in [0.25, 0.3) is 10.4 Å². The maximum atomic E-state index is 9.52. The molecule has 0 aromatic carbocycles. The van der Waals surface area contributed by atoms with E-state index < -0.39 is 30.7 Å². The topological polar surface area (TPSA) is 128 Å². The van der Waals surface area contributed by atoms with Crippen LogP contribution in [-0.2, 0) is 9.47 Å². The number of aliphatic hydroxyl groups excluding tert-OH is 3. The van der Waals surface area contributed by atoms with Gasteiger partial charge >= 0.3 is 0 Å². The van der Waals surface area contributed by atoms with Gasteiger partial charge in [-0.3, -0.25) is 0 Å². The van der Waals surface area contributed by atoms with Gasteiger partial charge in [0.25, 0.3) is 0 Å². The predicted molar refractivity (Wildman–Crippen MR) is 52.3 cm³/mol. The van der Waals surface area contributed by atoms with E-state index in [0.717, 1.165) is 0 Å². The summed E-state index contributed by atoms with van der Waals surface area (Å²) in [5.74, 6) is 0. The van der Waals surface area contributed by atoms with Crippen LogP contribution in [0.2, 0.25) is 0 Å². The van der Waals surface area contributed by atoms with Crippen molar-refractivity contribution in [2.45, 2.75) is 37.6 Å². The van der Waals surface area contributed by atoms with Crippen molar-refractivity contribution in [2.75, 3.05) is 13.2 Å². The molecule has 0 bridgehead atoms.